The number of carbonyl (C=O) groups excluding carboxylic acids is 1. The predicted molar refractivity (Wildman–Crippen MR) is 124 cm³/mol. The molecule has 0 aromatic carbocycles. The van der Waals surface area contributed by atoms with Crippen molar-refractivity contribution in [1.29, 1.82) is 0 Å². The van der Waals surface area contributed by atoms with Gasteiger partial charge in [0.1, 0.15) is 0 Å². The van der Waals surface area contributed by atoms with E-state index in [-0.39, 0.29) is 30.2 Å². The number of hydrogen-bond donors (Lipinski definition) is 1. The van der Waals surface area contributed by atoms with Crippen LogP contribution in [0.1, 0.15) is 57.1 Å². The zero-order valence-corrected chi connectivity index (χ0v) is 19.4. The Morgan fingerprint density at radius 3 is 2.48 bits per heavy atom. The van der Waals surface area contributed by atoms with Crippen LogP contribution in [0.5, 0.6) is 0 Å². The van der Waals surface area contributed by atoms with Crippen LogP contribution in [-0.2, 0) is 11.2 Å². The standard InChI is InChI=1S/C22H36N4O.2ClH/c1-25(21(27)17-22(18-23)11-4-2-5-12-22)20-9-15-26(16-10-20)14-8-19-7-3-6-13-24-19;;/h3,6-7,13,20H,2,4-5,8-12,14-18,23H2,1H3;2*1H. The van der Waals surface area contributed by atoms with E-state index in [9.17, 15) is 4.79 Å². The van der Waals surface area contributed by atoms with Gasteiger partial charge >= 0.3 is 0 Å². The van der Waals surface area contributed by atoms with Gasteiger partial charge in [0.2, 0.25) is 5.91 Å². The Morgan fingerprint density at radius 2 is 1.90 bits per heavy atom. The molecule has 0 unspecified atom stereocenters. The van der Waals surface area contributed by atoms with Crippen molar-refractivity contribution in [2.45, 2.75) is 63.8 Å². The van der Waals surface area contributed by atoms with Crippen molar-refractivity contribution >= 4 is 30.7 Å². The normalized spacial score (nSPS) is 19.7. The Bertz CT molecular complexity index is 588. The Morgan fingerprint density at radius 1 is 1.21 bits per heavy atom. The number of hydrogen-bond acceptors (Lipinski definition) is 4. The minimum atomic E-state index is 0. The molecule has 7 heteroatoms. The second kappa shape index (κ2) is 12.7. The molecule has 2 fully saturated rings. The second-order valence-electron chi connectivity index (χ2n) is 8.59. The van der Waals surface area contributed by atoms with Gasteiger partial charge in [-0.2, -0.15) is 0 Å². The summed E-state index contributed by atoms with van der Waals surface area (Å²) in [6.07, 6.45) is 11.6. The van der Waals surface area contributed by atoms with Crippen LogP contribution in [0.4, 0.5) is 0 Å². The molecule has 5 nitrogen and oxygen atoms in total. The van der Waals surface area contributed by atoms with Crippen molar-refractivity contribution in [2.75, 3.05) is 33.2 Å². The van der Waals surface area contributed by atoms with Crippen molar-refractivity contribution in [2.24, 2.45) is 11.1 Å². The third-order valence-corrected chi connectivity index (χ3v) is 6.78. The molecular formula is C22H38Cl2N4O. The van der Waals surface area contributed by atoms with Gasteiger partial charge in [0.05, 0.1) is 0 Å². The molecule has 1 aromatic heterocycles. The van der Waals surface area contributed by atoms with Crippen molar-refractivity contribution in [3.63, 3.8) is 0 Å². The molecule has 1 saturated heterocycles. The molecule has 3 rings (SSSR count). The summed E-state index contributed by atoms with van der Waals surface area (Å²) >= 11 is 0. The highest BCUT2D eigenvalue weighted by Crippen LogP contribution is 2.39. The van der Waals surface area contributed by atoms with Crippen LogP contribution in [0.2, 0.25) is 0 Å². The highest BCUT2D eigenvalue weighted by Gasteiger charge is 2.35. The van der Waals surface area contributed by atoms with E-state index < -0.39 is 0 Å². The lowest BCUT2D eigenvalue weighted by Gasteiger charge is -2.40. The minimum absolute atomic E-state index is 0. The lowest BCUT2D eigenvalue weighted by Crippen LogP contribution is -2.48. The Kier molecular flexibility index (Phi) is 11.5. The molecule has 0 bridgehead atoms. The lowest BCUT2D eigenvalue weighted by molar-refractivity contribution is -0.135. The van der Waals surface area contributed by atoms with E-state index in [2.05, 4.69) is 22.0 Å². The average Bonchev–Trinajstić information content (AvgIpc) is 2.73. The van der Waals surface area contributed by atoms with E-state index >= 15 is 0 Å². The van der Waals surface area contributed by atoms with Crippen LogP contribution in [0.3, 0.4) is 0 Å². The summed E-state index contributed by atoms with van der Waals surface area (Å²) in [5.41, 5.74) is 7.30. The van der Waals surface area contributed by atoms with Crippen molar-refractivity contribution in [1.82, 2.24) is 14.8 Å². The molecular weight excluding hydrogens is 407 g/mol. The van der Waals surface area contributed by atoms with Gasteiger partial charge in [-0.15, -0.1) is 24.8 Å². The quantitative estimate of drug-likeness (QED) is 0.696. The molecule has 2 aliphatic rings. The van der Waals surface area contributed by atoms with Crippen molar-refractivity contribution in [3.8, 4) is 0 Å². The summed E-state index contributed by atoms with van der Waals surface area (Å²) in [5, 5.41) is 0. The van der Waals surface area contributed by atoms with Crippen molar-refractivity contribution < 1.29 is 4.79 Å². The van der Waals surface area contributed by atoms with Gasteiger partial charge in [-0.3, -0.25) is 9.78 Å². The number of nitrogens with zero attached hydrogens (tertiary/aromatic N) is 3. The predicted octanol–water partition coefficient (Wildman–Crippen LogP) is 3.69. The van der Waals surface area contributed by atoms with Gasteiger partial charge in [-0.05, 0) is 49.8 Å². The Labute approximate surface area is 188 Å². The zero-order chi connectivity index (χ0) is 19.1. The van der Waals surface area contributed by atoms with Gasteiger partial charge in [0.25, 0.3) is 0 Å². The number of nitrogens with two attached hydrogens (primary N) is 1. The van der Waals surface area contributed by atoms with E-state index in [4.69, 9.17) is 5.73 Å². The molecule has 0 spiro atoms. The largest absolute Gasteiger partial charge is 0.343 e. The van der Waals surface area contributed by atoms with Gasteiger partial charge < -0.3 is 15.5 Å². The molecule has 0 atom stereocenters. The smallest absolute Gasteiger partial charge is 0.223 e. The first-order valence-corrected chi connectivity index (χ1v) is 10.7. The number of pyridine rings is 1. The highest BCUT2D eigenvalue weighted by atomic mass is 35.5. The lowest BCUT2D eigenvalue weighted by atomic mass is 9.71. The number of piperidine rings is 1. The van der Waals surface area contributed by atoms with Crippen LogP contribution in [-0.4, -0.2) is 60.0 Å². The number of halogens is 2. The Hall–Kier alpha value is -0.880. The molecule has 0 radical (unpaired) electrons. The highest BCUT2D eigenvalue weighted by molar-refractivity contribution is 5.85. The maximum Gasteiger partial charge on any atom is 0.223 e. The van der Waals surface area contributed by atoms with Gasteiger partial charge in [-0.1, -0.05) is 25.3 Å². The molecule has 2 heterocycles. The first kappa shape index (κ1) is 26.2. The molecule has 1 aliphatic carbocycles. The van der Waals surface area contributed by atoms with E-state index in [1.165, 1.54) is 19.3 Å². The first-order valence-electron chi connectivity index (χ1n) is 10.7. The van der Waals surface area contributed by atoms with E-state index in [0.29, 0.717) is 24.9 Å². The van der Waals surface area contributed by atoms with Gasteiger partial charge in [0.15, 0.2) is 0 Å². The fourth-order valence-electron chi connectivity index (χ4n) is 4.75. The second-order valence-corrected chi connectivity index (χ2v) is 8.59. The van der Waals surface area contributed by atoms with E-state index in [1.807, 2.05) is 24.2 Å². The SMILES string of the molecule is CN(C(=O)CC1(CN)CCCCC1)C1CCN(CCc2ccccn2)CC1.Cl.Cl. The summed E-state index contributed by atoms with van der Waals surface area (Å²) in [7, 11) is 2.00. The molecule has 1 aromatic rings. The van der Waals surface area contributed by atoms with Gasteiger partial charge in [0, 0.05) is 57.5 Å². The Balaban J connectivity index is 0.00000210. The number of carbonyl (C=O) groups is 1. The number of rotatable bonds is 7. The molecule has 2 N–H and O–H groups in total. The summed E-state index contributed by atoms with van der Waals surface area (Å²) in [4.78, 5) is 21.9. The molecule has 166 valence electrons. The maximum atomic E-state index is 12.9. The number of likely N-dealkylation sites (tertiary alicyclic amines) is 1. The zero-order valence-electron chi connectivity index (χ0n) is 17.7. The summed E-state index contributed by atoms with van der Waals surface area (Å²) in [6.45, 7) is 3.84. The summed E-state index contributed by atoms with van der Waals surface area (Å²) in [5.74, 6) is 0.300. The number of aromatic nitrogens is 1. The van der Waals surface area contributed by atoms with E-state index in [1.54, 1.807) is 0 Å². The van der Waals surface area contributed by atoms with Gasteiger partial charge in [-0.25, -0.2) is 0 Å². The topological polar surface area (TPSA) is 62.5 Å². The van der Waals surface area contributed by atoms with Crippen LogP contribution < -0.4 is 5.73 Å². The molecule has 1 amide bonds. The third kappa shape index (κ3) is 7.39. The maximum absolute atomic E-state index is 12.9. The van der Waals surface area contributed by atoms with E-state index in [0.717, 1.165) is 57.4 Å². The van der Waals surface area contributed by atoms with Crippen LogP contribution in [0.25, 0.3) is 0 Å². The van der Waals surface area contributed by atoms with Crippen LogP contribution in [0, 0.1) is 5.41 Å². The fourth-order valence-corrected chi connectivity index (χ4v) is 4.75. The minimum Gasteiger partial charge on any atom is -0.343 e. The fraction of sp³-hybridized carbons (Fsp3) is 0.727. The summed E-state index contributed by atoms with van der Waals surface area (Å²) in [6, 6.07) is 6.49. The monoisotopic (exact) mass is 444 g/mol. The third-order valence-electron chi connectivity index (χ3n) is 6.78. The first-order chi connectivity index (χ1) is 13.1. The van der Waals surface area contributed by atoms with Crippen molar-refractivity contribution in [3.05, 3.63) is 30.1 Å². The molecule has 1 saturated carbocycles. The number of amides is 1. The van der Waals surface area contributed by atoms with Crippen LogP contribution in [0.15, 0.2) is 24.4 Å². The molecule has 1 aliphatic heterocycles. The van der Waals surface area contributed by atoms with Crippen LogP contribution >= 0.6 is 24.8 Å². The average molecular weight is 445 g/mol. The molecule has 29 heavy (non-hydrogen) atoms. The summed E-state index contributed by atoms with van der Waals surface area (Å²) < 4.78 is 0.